The van der Waals surface area contributed by atoms with Crippen LogP contribution in [0.3, 0.4) is 0 Å². The lowest BCUT2D eigenvalue weighted by molar-refractivity contribution is -0.121. The van der Waals surface area contributed by atoms with Crippen molar-refractivity contribution in [3.8, 4) is 0 Å². The number of sulfonamides is 1. The van der Waals surface area contributed by atoms with E-state index in [-0.39, 0.29) is 12.2 Å². The van der Waals surface area contributed by atoms with Crippen LogP contribution in [0.1, 0.15) is 27.2 Å². The molecule has 1 rings (SSSR count). The lowest BCUT2D eigenvalue weighted by Gasteiger charge is -2.27. The fourth-order valence-corrected chi connectivity index (χ4v) is 2.50. The van der Waals surface area contributed by atoms with Crippen LogP contribution in [0.15, 0.2) is 24.3 Å². The molecule has 7 heteroatoms. The van der Waals surface area contributed by atoms with Crippen molar-refractivity contribution in [1.82, 2.24) is 5.32 Å². The largest absolute Gasteiger partial charge is 0.350 e. The van der Waals surface area contributed by atoms with E-state index >= 15 is 0 Å². The van der Waals surface area contributed by atoms with Gasteiger partial charge in [0.1, 0.15) is 12.4 Å². The summed E-state index contributed by atoms with van der Waals surface area (Å²) in [5, 5.41) is 2.77. The maximum atomic E-state index is 12.9. The van der Waals surface area contributed by atoms with Crippen molar-refractivity contribution < 1.29 is 17.6 Å². The number of carbonyl (C=O) groups is 1. The van der Waals surface area contributed by atoms with Gasteiger partial charge < -0.3 is 5.32 Å². The summed E-state index contributed by atoms with van der Waals surface area (Å²) in [6.45, 7) is 5.30. The van der Waals surface area contributed by atoms with Crippen LogP contribution in [0, 0.1) is 5.82 Å². The average Bonchev–Trinajstić information content (AvgIpc) is 2.35. The fourth-order valence-electron chi connectivity index (χ4n) is 1.64. The molecule has 0 atom stereocenters. The summed E-state index contributed by atoms with van der Waals surface area (Å²) >= 11 is 0. The molecule has 1 aromatic rings. The summed E-state index contributed by atoms with van der Waals surface area (Å²) < 4.78 is 37.6. The van der Waals surface area contributed by atoms with E-state index in [0.29, 0.717) is 6.42 Å². The van der Waals surface area contributed by atoms with E-state index in [4.69, 9.17) is 0 Å². The van der Waals surface area contributed by atoms with Crippen LogP contribution in [0.25, 0.3) is 0 Å². The summed E-state index contributed by atoms with van der Waals surface area (Å²) in [5.41, 5.74) is -0.161. The van der Waals surface area contributed by atoms with Crippen LogP contribution in [0.5, 0.6) is 0 Å². The Morgan fingerprint density at radius 2 is 1.81 bits per heavy atom. The average molecular weight is 316 g/mol. The Morgan fingerprint density at radius 3 is 2.24 bits per heavy atom. The van der Waals surface area contributed by atoms with Crippen molar-refractivity contribution in [3.05, 3.63) is 30.1 Å². The Hall–Kier alpha value is -1.63. The molecule has 1 N–H and O–H groups in total. The van der Waals surface area contributed by atoms with Crippen LogP contribution >= 0.6 is 0 Å². The Kier molecular flexibility index (Phi) is 5.33. The molecule has 0 saturated carbocycles. The molecule has 0 aliphatic heterocycles. The minimum Gasteiger partial charge on any atom is -0.350 e. The molecular formula is C14H21FN2O3S. The van der Waals surface area contributed by atoms with E-state index in [0.717, 1.165) is 22.7 Å². The van der Waals surface area contributed by atoms with Gasteiger partial charge in [-0.15, -0.1) is 0 Å². The van der Waals surface area contributed by atoms with Crippen molar-refractivity contribution in [1.29, 1.82) is 0 Å². The number of amides is 1. The molecule has 0 radical (unpaired) electrons. The number of rotatable bonds is 6. The molecule has 118 valence electrons. The molecule has 0 unspecified atom stereocenters. The first kappa shape index (κ1) is 17.4. The normalized spacial score (nSPS) is 12.0. The molecule has 0 saturated heterocycles. The second kappa shape index (κ2) is 6.43. The number of nitrogens with one attached hydrogen (secondary N) is 1. The standard InChI is InChI=1S/C14H21FN2O3S/c1-5-14(2,3)16-13(18)10-17(21(4,19)20)12-8-6-11(15)7-9-12/h6-9H,5,10H2,1-4H3,(H,16,18). The highest BCUT2D eigenvalue weighted by Gasteiger charge is 2.24. The minimum absolute atomic E-state index is 0.253. The predicted molar refractivity (Wildman–Crippen MR) is 81.1 cm³/mol. The molecule has 0 spiro atoms. The van der Waals surface area contributed by atoms with Gasteiger partial charge in [0.15, 0.2) is 0 Å². The van der Waals surface area contributed by atoms with Gasteiger partial charge >= 0.3 is 0 Å². The first-order chi connectivity index (χ1) is 9.55. The van der Waals surface area contributed by atoms with Crippen LogP contribution in [0.2, 0.25) is 0 Å². The highest BCUT2D eigenvalue weighted by Crippen LogP contribution is 2.18. The highest BCUT2D eigenvalue weighted by molar-refractivity contribution is 7.92. The van der Waals surface area contributed by atoms with Crippen molar-refractivity contribution >= 4 is 21.6 Å². The molecule has 1 amide bonds. The van der Waals surface area contributed by atoms with E-state index in [1.807, 2.05) is 20.8 Å². The molecule has 1 aromatic carbocycles. The summed E-state index contributed by atoms with van der Waals surface area (Å²) in [5.74, 6) is -0.875. The van der Waals surface area contributed by atoms with E-state index < -0.39 is 27.3 Å². The maximum Gasteiger partial charge on any atom is 0.241 e. The summed E-state index contributed by atoms with van der Waals surface area (Å²) in [6, 6.07) is 4.96. The smallest absolute Gasteiger partial charge is 0.241 e. The second-order valence-electron chi connectivity index (χ2n) is 5.53. The van der Waals surface area contributed by atoms with Gasteiger partial charge in [-0.25, -0.2) is 12.8 Å². The predicted octanol–water partition coefficient (Wildman–Crippen LogP) is 1.90. The SMILES string of the molecule is CCC(C)(C)NC(=O)CN(c1ccc(F)cc1)S(C)(=O)=O. The molecule has 0 aliphatic carbocycles. The van der Waals surface area contributed by atoms with Gasteiger partial charge in [-0.05, 0) is 44.5 Å². The van der Waals surface area contributed by atoms with Crippen molar-refractivity contribution in [3.63, 3.8) is 0 Å². The summed E-state index contributed by atoms with van der Waals surface area (Å²) in [6.07, 6.45) is 1.72. The number of hydrogen-bond donors (Lipinski definition) is 1. The fraction of sp³-hybridized carbons (Fsp3) is 0.500. The van der Waals surface area contributed by atoms with E-state index in [1.54, 1.807) is 0 Å². The molecule has 0 aromatic heterocycles. The van der Waals surface area contributed by atoms with Gasteiger partial charge in [0.2, 0.25) is 15.9 Å². The van der Waals surface area contributed by atoms with Gasteiger partial charge in [0.05, 0.1) is 11.9 Å². The third-order valence-electron chi connectivity index (χ3n) is 3.16. The molecule has 5 nitrogen and oxygen atoms in total. The zero-order valence-corrected chi connectivity index (χ0v) is 13.5. The van der Waals surface area contributed by atoms with Gasteiger partial charge in [-0.2, -0.15) is 0 Å². The Bertz CT molecular complexity index is 597. The molecule has 21 heavy (non-hydrogen) atoms. The summed E-state index contributed by atoms with van der Waals surface area (Å²) in [7, 11) is -3.64. The Morgan fingerprint density at radius 1 is 1.29 bits per heavy atom. The van der Waals surface area contributed by atoms with Crippen LogP contribution in [-0.4, -0.2) is 32.7 Å². The number of benzene rings is 1. The van der Waals surface area contributed by atoms with Crippen molar-refractivity contribution in [2.75, 3.05) is 17.1 Å². The first-order valence-corrected chi connectivity index (χ1v) is 8.44. The topological polar surface area (TPSA) is 66.5 Å². The Balaban J connectivity index is 2.96. The van der Waals surface area contributed by atoms with E-state index in [2.05, 4.69) is 5.32 Å². The molecule has 0 bridgehead atoms. The molecule has 0 aliphatic rings. The summed E-state index contributed by atoms with van der Waals surface area (Å²) in [4.78, 5) is 12.0. The monoisotopic (exact) mass is 316 g/mol. The lowest BCUT2D eigenvalue weighted by Crippen LogP contribution is -2.48. The highest BCUT2D eigenvalue weighted by atomic mass is 32.2. The van der Waals surface area contributed by atoms with Crippen LogP contribution in [0.4, 0.5) is 10.1 Å². The number of anilines is 1. The zero-order chi connectivity index (χ0) is 16.3. The van der Waals surface area contributed by atoms with Crippen LogP contribution < -0.4 is 9.62 Å². The number of nitrogens with zero attached hydrogens (tertiary/aromatic N) is 1. The second-order valence-corrected chi connectivity index (χ2v) is 7.44. The number of carbonyl (C=O) groups excluding carboxylic acids is 1. The Labute approximate surface area is 125 Å². The third kappa shape index (κ3) is 5.34. The first-order valence-electron chi connectivity index (χ1n) is 6.59. The van der Waals surface area contributed by atoms with Crippen molar-refractivity contribution in [2.24, 2.45) is 0 Å². The third-order valence-corrected chi connectivity index (χ3v) is 4.30. The van der Waals surface area contributed by atoms with Crippen molar-refractivity contribution in [2.45, 2.75) is 32.7 Å². The molecular weight excluding hydrogens is 295 g/mol. The maximum absolute atomic E-state index is 12.9. The van der Waals surface area contributed by atoms with Gasteiger partial charge in [-0.3, -0.25) is 9.10 Å². The zero-order valence-electron chi connectivity index (χ0n) is 12.7. The van der Waals surface area contributed by atoms with Gasteiger partial charge in [0, 0.05) is 5.54 Å². The van der Waals surface area contributed by atoms with Crippen LogP contribution in [-0.2, 0) is 14.8 Å². The lowest BCUT2D eigenvalue weighted by atomic mass is 10.0. The number of hydrogen-bond acceptors (Lipinski definition) is 3. The van der Waals surface area contributed by atoms with Gasteiger partial charge in [0.25, 0.3) is 0 Å². The molecule has 0 fully saturated rings. The number of halogens is 1. The van der Waals surface area contributed by atoms with Gasteiger partial charge in [-0.1, -0.05) is 6.92 Å². The quantitative estimate of drug-likeness (QED) is 0.871. The minimum atomic E-state index is -3.64. The van der Waals surface area contributed by atoms with E-state index in [1.165, 1.54) is 12.1 Å². The van der Waals surface area contributed by atoms with E-state index in [9.17, 15) is 17.6 Å². The molecule has 0 heterocycles.